The standard InChI is InChI=1S/C15H16ClF2N3/c1-9(19)11-7-10-3-2-4-12(16)13(10)20-14(11)21-6-5-15(17,18)8-21/h2-4,7,9H,5-6,8,19H2,1H3/t9-/m0/s1. The Morgan fingerprint density at radius 1 is 1.43 bits per heavy atom. The first kappa shape index (κ1) is 14.5. The number of pyridine rings is 1. The fourth-order valence-electron chi connectivity index (χ4n) is 2.67. The fraction of sp³-hybridized carbons (Fsp3) is 0.400. The number of anilines is 1. The average Bonchev–Trinajstić information content (AvgIpc) is 2.78. The lowest BCUT2D eigenvalue weighted by atomic mass is 10.1. The summed E-state index contributed by atoms with van der Waals surface area (Å²) in [5, 5.41) is 1.38. The van der Waals surface area contributed by atoms with Gasteiger partial charge in [0.15, 0.2) is 0 Å². The van der Waals surface area contributed by atoms with Gasteiger partial charge in [-0.05, 0) is 19.1 Å². The Morgan fingerprint density at radius 2 is 2.19 bits per heavy atom. The Labute approximate surface area is 126 Å². The lowest BCUT2D eigenvalue weighted by Gasteiger charge is -2.23. The van der Waals surface area contributed by atoms with E-state index >= 15 is 0 Å². The summed E-state index contributed by atoms with van der Waals surface area (Å²) in [4.78, 5) is 6.12. The zero-order valence-electron chi connectivity index (χ0n) is 11.6. The van der Waals surface area contributed by atoms with E-state index in [4.69, 9.17) is 17.3 Å². The maximum Gasteiger partial charge on any atom is 0.266 e. The molecular weight excluding hydrogens is 296 g/mol. The maximum absolute atomic E-state index is 13.5. The minimum atomic E-state index is -2.67. The fourth-order valence-corrected chi connectivity index (χ4v) is 2.90. The summed E-state index contributed by atoms with van der Waals surface area (Å²) in [6, 6.07) is 7.07. The van der Waals surface area contributed by atoms with Crippen LogP contribution in [0.15, 0.2) is 24.3 Å². The van der Waals surface area contributed by atoms with Crippen molar-refractivity contribution in [2.24, 2.45) is 5.73 Å². The number of nitrogens with zero attached hydrogens (tertiary/aromatic N) is 2. The van der Waals surface area contributed by atoms with Gasteiger partial charge in [0.2, 0.25) is 0 Å². The van der Waals surface area contributed by atoms with Crippen LogP contribution in [0.25, 0.3) is 10.9 Å². The maximum atomic E-state index is 13.5. The summed E-state index contributed by atoms with van der Waals surface area (Å²) < 4.78 is 27.0. The molecule has 0 amide bonds. The van der Waals surface area contributed by atoms with E-state index in [1.165, 1.54) is 0 Å². The van der Waals surface area contributed by atoms with Gasteiger partial charge >= 0.3 is 0 Å². The number of aromatic nitrogens is 1. The molecule has 2 N–H and O–H groups in total. The predicted molar refractivity (Wildman–Crippen MR) is 81.1 cm³/mol. The first-order valence-electron chi connectivity index (χ1n) is 6.85. The number of benzene rings is 1. The molecule has 21 heavy (non-hydrogen) atoms. The molecule has 0 saturated carbocycles. The van der Waals surface area contributed by atoms with Crippen LogP contribution < -0.4 is 10.6 Å². The van der Waals surface area contributed by atoms with Gasteiger partial charge in [-0.25, -0.2) is 13.8 Å². The van der Waals surface area contributed by atoms with Crippen molar-refractivity contribution in [1.82, 2.24) is 4.98 Å². The first-order valence-corrected chi connectivity index (χ1v) is 7.23. The molecule has 2 heterocycles. The van der Waals surface area contributed by atoms with Gasteiger partial charge in [0.1, 0.15) is 5.82 Å². The molecule has 6 heteroatoms. The minimum absolute atomic E-state index is 0.159. The molecule has 3 nitrogen and oxygen atoms in total. The van der Waals surface area contributed by atoms with Gasteiger partial charge in [-0.1, -0.05) is 23.7 Å². The molecule has 3 rings (SSSR count). The normalized spacial score (nSPS) is 19.2. The quantitative estimate of drug-likeness (QED) is 0.918. The Hall–Kier alpha value is -1.46. The average molecular weight is 312 g/mol. The van der Waals surface area contributed by atoms with Crippen LogP contribution in [0.2, 0.25) is 5.02 Å². The summed E-state index contributed by atoms with van der Waals surface area (Å²) in [7, 11) is 0. The smallest absolute Gasteiger partial charge is 0.266 e. The van der Waals surface area contributed by atoms with Crippen LogP contribution in [0.3, 0.4) is 0 Å². The molecule has 1 aliphatic heterocycles. The SMILES string of the molecule is C[C@H](N)c1cc2cccc(Cl)c2nc1N1CCC(F)(F)C1. The zero-order chi connectivity index (χ0) is 15.2. The zero-order valence-corrected chi connectivity index (χ0v) is 12.4. The molecule has 1 saturated heterocycles. The lowest BCUT2D eigenvalue weighted by Crippen LogP contribution is -2.27. The topological polar surface area (TPSA) is 42.1 Å². The van der Waals surface area contributed by atoms with Crippen LogP contribution in [0, 0.1) is 0 Å². The molecule has 1 fully saturated rings. The van der Waals surface area contributed by atoms with Crippen LogP contribution in [0.1, 0.15) is 24.9 Å². The highest BCUT2D eigenvalue weighted by molar-refractivity contribution is 6.35. The summed E-state index contributed by atoms with van der Waals surface area (Å²) in [6.07, 6.45) is -0.159. The van der Waals surface area contributed by atoms with Crippen molar-refractivity contribution < 1.29 is 8.78 Å². The van der Waals surface area contributed by atoms with Crippen molar-refractivity contribution in [3.8, 4) is 0 Å². The van der Waals surface area contributed by atoms with E-state index in [1.54, 1.807) is 11.0 Å². The number of para-hydroxylation sites is 1. The second-order valence-corrected chi connectivity index (χ2v) is 5.94. The van der Waals surface area contributed by atoms with E-state index in [1.807, 2.05) is 25.1 Å². The highest BCUT2D eigenvalue weighted by atomic mass is 35.5. The summed E-state index contributed by atoms with van der Waals surface area (Å²) in [5.41, 5.74) is 7.38. The molecule has 1 aromatic heterocycles. The third-order valence-electron chi connectivity index (χ3n) is 3.76. The van der Waals surface area contributed by atoms with Gasteiger partial charge in [0.25, 0.3) is 5.92 Å². The van der Waals surface area contributed by atoms with Crippen molar-refractivity contribution in [2.75, 3.05) is 18.0 Å². The van der Waals surface area contributed by atoms with Gasteiger partial charge in [-0.2, -0.15) is 0 Å². The summed E-state index contributed by atoms with van der Waals surface area (Å²) in [6.45, 7) is 1.77. The van der Waals surface area contributed by atoms with E-state index in [0.29, 0.717) is 16.4 Å². The van der Waals surface area contributed by atoms with E-state index in [9.17, 15) is 8.78 Å². The van der Waals surface area contributed by atoms with E-state index in [-0.39, 0.29) is 25.6 Å². The van der Waals surface area contributed by atoms with E-state index in [0.717, 1.165) is 10.9 Å². The van der Waals surface area contributed by atoms with E-state index in [2.05, 4.69) is 4.98 Å². The molecular formula is C15H16ClF2N3. The lowest BCUT2D eigenvalue weighted by molar-refractivity contribution is 0.0256. The second-order valence-electron chi connectivity index (χ2n) is 5.53. The molecule has 0 aliphatic carbocycles. The molecule has 0 radical (unpaired) electrons. The monoisotopic (exact) mass is 311 g/mol. The molecule has 112 valence electrons. The largest absolute Gasteiger partial charge is 0.350 e. The Morgan fingerprint density at radius 3 is 2.81 bits per heavy atom. The molecule has 0 unspecified atom stereocenters. The predicted octanol–water partition coefficient (Wildman–Crippen LogP) is 3.75. The number of hydrogen-bond acceptors (Lipinski definition) is 3. The number of nitrogens with two attached hydrogens (primary N) is 1. The molecule has 2 aromatic rings. The van der Waals surface area contributed by atoms with Gasteiger partial charge in [0.05, 0.1) is 17.1 Å². The third kappa shape index (κ3) is 2.68. The van der Waals surface area contributed by atoms with E-state index < -0.39 is 5.92 Å². The Balaban J connectivity index is 2.15. The van der Waals surface area contributed by atoms with Gasteiger partial charge in [0, 0.05) is 30.0 Å². The number of alkyl halides is 2. The van der Waals surface area contributed by atoms with Gasteiger partial charge in [-0.15, -0.1) is 0 Å². The number of hydrogen-bond donors (Lipinski definition) is 1. The van der Waals surface area contributed by atoms with Crippen LogP contribution >= 0.6 is 11.6 Å². The first-order chi connectivity index (χ1) is 9.87. The van der Waals surface area contributed by atoms with Gasteiger partial charge in [-0.3, -0.25) is 0 Å². The molecule has 0 bridgehead atoms. The Bertz CT molecular complexity index is 688. The van der Waals surface area contributed by atoms with Crippen molar-refractivity contribution in [3.63, 3.8) is 0 Å². The minimum Gasteiger partial charge on any atom is -0.350 e. The van der Waals surface area contributed by atoms with Crippen molar-refractivity contribution >= 4 is 28.3 Å². The molecule has 0 spiro atoms. The Kier molecular flexibility index (Phi) is 3.50. The van der Waals surface area contributed by atoms with Crippen molar-refractivity contribution in [2.45, 2.75) is 25.3 Å². The van der Waals surface area contributed by atoms with Crippen LogP contribution in [0.5, 0.6) is 0 Å². The number of fused-ring (bicyclic) bond motifs is 1. The number of rotatable bonds is 2. The summed E-state index contributed by atoms with van der Waals surface area (Å²) in [5.74, 6) is -2.16. The van der Waals surface area contributed by atoms with Crippen LogP contribution in [0.4, 0.5) is 14.6 Å². The molecule has 1 atom stereocenters. The summed E-state index contributed by atoms with van der Waals surface area (Å²) >= 11 is 6.16. The molecule has 1 aliphatic rings. The second kappa shape index (κ2) is 5.07. The van der Waals surface area contributed by atoms with Crippen molar-refractivity contribution in [3.05, 3.63) is 34.9 Å². The van der Waals surface area contributed by atoms with Gasteiger partial charge < -0.3 is 10.6 Å². The highest BCUT2D eigenvalue weighted by Crippen LogP contribution is 2.35. The number of halogens is 3. The molecule has 1 aromatic carbocycles. The van der Waals surface area contributed by atoms with Crippen LogP contribution in [-0.4, -0.2) is 24.0 Å². The third-order valence-corrected chi connectivity index (χ3v) is 4.07. The van der Waals surface area contributed by atoms with Crippen LogP contribution in [-0.2, 0) is 0 Å². The highest BCUT2D eigenvalue weighted by Gasteiger charge is 2.39. The van der Waals surface area contributed by atoms with Crippen molar-refractivity contribution in [1.29, 1.82) is 0 Å².